The lowest BCUT2D eigenvalue weighted by Crippen LogP contribution is -2.34. The van der Waals surface area contributed by atoms with Crippen LogP contribution in [0.3, 0.4) is 0 Å². The van der Waals surface area contributed by atoms with Crippen LogP contribution >= 0.6 is 0 Å². The lowest BCUT2D eigenvalue weighted by molar-refractivity contribution is -0.686. The van der Waals surface area contributed by atoms with Gasteiger partial charge in [0.05, 0.1) is 18.7 Å². The van der Waals surface area contributed by atoms with Crippen molar-refractivity contribution in [2.75, 3.05) is 0 Å². The number of aromatic nitrogens is 2. The third-order valence-corrected chi connectivity index (χ3v) is 5.76. The number of hydrogen-bond donors (Lipinski definition) is 0. The van der Waals surface area contributed by atoms with Crippen molar-refractivity contribution in [3.05, 3.63) is 42.7 Å². The van der Waals surface area contributed by atoms with E-state index in [1.807, 2.05) is 0 Å². The molecule has 0 N–H and O–H groups in total. The van der Waals surface area contributed by atoms with E-state index >= 15 is 0 Å². The van der Waals surface area contributed by atoms with Gasteiger partial charge in [-0.1, -0.05) is 89.8 Å². The third-order valence-electron chi connectivity index (χ3n) is 5.76. The van der Waals surface area contributed by atoms with Gasteiger partial charge in [0.2, 0.25) is 0 Å². The fraction of sp³-hybridized carbons (Fsp3) is 0.654. The second-order valence-electron chi connectivity index (χ2n) is 8.26. The summed E-state index contributed by atoms with van der Waals surface area (Å²) < 4.78 is 4.96. The first-order valence-electron chi connectivity index (χ1n) is 12.0. The number of nitrogens with zero attached hydrogens (tertiary/aromatic N) is 2. The van der Waals surface area contributed by atoms with Crippen molar-refractivity contribution in [2.45, 2.75) is 110 Å². The van der Waals surface area contributed by atoms with Crippen LogP contribution in [0.5, 0.6) is 0 Å². The van der Waals surface area contributed by atoms with Crippen LogP contribution in [0.2, 0.25) is 0 Å². The Labute approximate surface area is 174 Å². The maximum Gasteiger partial charge on any atom is 0.288 e. The molecule has 2 nitrogen and oxygen atoms in total. The minimum atomic E-state index is 1.14. The van der Waals surface area contributed by atoms with Gasteiger partial charge in [0.15, 0.2) is 0 Å². The van der Waals surface area contributed by atoms with E-state index in [1.54, 1.807) is 0 Å². The van der Waals surface area contributed by atoms with Gasteiger partial charge in [-0.2, -0.15) is 0 Å². The Morgan fingerprint density at radius 3 is 1.89 bits per heavy atom. The molecule has 28 heavy (non-hydrogen) atoms. The molecule has 0 amide bonds. The smallest absolute Gasteiger partial charge is 0.230 e. The minimum absolute atomic E-state index is 1.14. The average Bonchev–Trinajstić information content (AvgIpc) is 3.13. The van der Waals surface area contributed by atoms with Crippen LogP contribution in [0.1, 0.15) is 97.3 Å². The van der Waals surface area contributed by atoms with Crippen LogP contribution in [0.25, 0.3) is 11.4 Å². The summed E-state index contributed by atoms with van der Waals surface area (Å²) >= 11 is 0. The van der Waals surface area contributed by atoms with E-state index in [1.165, 1.54) is 94.9 Å². The van der Waals surface area contributed by atoms with Crippen LogP contribution < -0.4 is 4.57 Å². The Bertz CT molecular complexity index is 615. The van der Waals surface area contributed by atoms with Crippen molar-refractivity contribution in [2.24, 2.45) is 0 Å². The summed E-state index contributed by atoms with van der Waals surface area (Å²) in [5, 5.41) is 0. The van der Waals surface area contributed by atoms with Crippen molar-refractivity contribution in [1.82, 2.24) is 4.57 Å². The van der Waals surface area contributed by atoms with Gasteiger partial charge in [0.1, 0.15) is 12.4 Å². The van der Waals surface area contributed by atoms with E-state index in [0.717, 1.165) is 13.1 Å². The van der Waals surface area contributed by atoms with Gasteiger partial charge in [0, 0.05) is 0 Å². The lowest BCUT2D eigenvalue weighted by atomic mass is 10.1. The van der Waals surface area contributed by atoms with Crippen molar-refractivity contribution in [1.29, 1.82) is 0 Å². The minimum Gasteiger partial charge on any atom is -0.230 e. The Balaban J connectivity index is 1.86. The van der Waals surface area contributed by atoms with Crippen LogP contribution in [-0.4, -0.2) is 4.57 Å². The maximum atomic E-state index is 2.48. The Hall–Kier alpha value is -1.57. The van der Waals surface area contributed by atoms with Crippen LogP contribution in [-0.2, 0) is 13.1 Å². The summed E-state index contributed by atoms with van der Waals surface area (Å²) in [5.74, 6) is 1.39. The summed E-state index contributed by atoms with van der Waals surface area (Å²) in [6.45, 7) is 6.85. The number of hydrogen-bond acceptors (Lipinski definition) is 0. The first-order chi connectivity index (χ1) is 13.9. The Kier molecular flexibility index (Phi) is 11.7. The molecule has 0 atom stereocenters. The molecule has 0 saturated heterocycles. The van der Waals surface area contributed by atoms with E-state index in [9.17, 15) is 0 Å². The first-order valence-corrected chi connectivity index (χ1v) is 12.0. The second-order valence-corrected chi connectivity index (χ2v) is 8.26. The summed E-state index contributed by atoms with van der Waals surface area (Å²) in [4.78, 5) is 0. The van der Waals surface area contributed by atoms with E-state index in [2.05, 4.69) is 65.7 Å². The molecule has 1 aromatic carbocycles. The fourth-order valence-electron chi connectivity index (χ4n) is 4.05. The standard InChI is InChI=1S/C26H43N2/c1-3-5-7-9-10-11-13-18-22-28-24-23-27(21-17-12-8-6-4-2)26(28)25-19-15-14-16-20-25/h14-16,19-20,23-24H,3-13,17-18,21-22H2,1-2H3/q+1. The molecule has 2 aromatic rings. The highest BCUT2D eigenvalue weighted by molar-refractivity contribution is 5.52. The van der Waals surface area contributed by atoms with Crippen LogP contribution in [0.15, 0.2) is 42.7 Å². The molecule has 1 heterocycles. The van der Waals surface area contributed by atoms with Gasteiger partial charge in [-0.25, -0.2) is 9.13 Å². The van der Waals surface area contributed by atoms with Gasteiger partial charge in [0.25, 0.3) is 5.82 Å². The molecule has 0 aliphatic heterocycles. The molecule has 2 rings (SSSR count). The molecular formula is C26H43N2+. The topological polar surface area (TPSA) is 8.81 Å². The molecule has 0 aliphatic rings. The molecule has 2 heteroatoms. The number of rotatable bonds is 16. The molecule has 0 radical (unpaired) electrons. The van der Waals surface area contributed by atoms with E-state index in [4.69, 9.17) is 0 Å². The largest absolute Gasteiger partial charge is 0.288 e. The van der Waals surface area contributed by atoms with Crippen molar-refractivity contribution in [3.8, 4) is 11.4 Å². The molecule has 0 unspecified atom stereocenters. The summed E-state index contributed by atoms with van der Waals surface area (Å²) in [6, 6.07) is 11.0. The summed E-state index contributed by atoms with van der Waals surface area (Å²) in [6.07, 6.45) is 22.3. The molecule has 0 aliphatic carbocycles. The van der Waals surface area contributed by atoms with Gasteiger partial charge in [-0.05, 0) is 37.8 Å². The van der Waals surface area contributed by atoms with Crippen LogP contribution in [0, 0.1) is 0 Å². The molecule has 0 bridgehead atoms. The summed E-state index contributed by atoms with van der Waals surface area (Å²) in [7, 11) is 0. The monoisotopic (exact) mass is 383 g/mol. The molecule has 0 spiro atoms. The predicted octanol–water partition coefficient (Wildman–Crippen LogP) is 7.55. The summed E-state index contributed by atoms with van der Waals surface area (Å²) in [5.41, 5.74) is 1.35. The van der Waals surface area contributed by atoms with Gasteiger partial charge < -0.3 is 0 Å². The van der Waals surface area contributed by atoms with Crippen molar-refractivity contribution >= 4 is 0 Å². The van der Waals surface area contributed by atoms with Gasteiger partial charge >= 0.3 is 0 Å². The molecule has 0 saturated carbocycles. The van der Waals surface area contributed by atoms with Gasteiger partial charge in [-0.15, -0.1) is 0 Å². The zero-order valence-electron chi connectivity index (χ0n) is 18.5. The highest BCUT2D eigenvalue weighted by Gasteiger charge is 2.18. The highest BCUT2D eigenvalue weighted by atomic mass is 15.1. The maximum absolute atomic E-state index is 2.48. The van der Waals surface area contributed by atoms with Crippen molar-refractivity contribution < 1.29 is 4.57 Å². The SMILES string of the molecule is CCCCCCCCCC[n+]1ccn(CCCCCCC)c1-c1ccccc1. The Morgan fingerprint density at radius 1 is 0.679 bits per heavy atom. The highest BCUT2D eigenvalue weighted by Crippen LogP contribution is 2.17. The lowest BCUT2D eigenvalue weighted by Gasteiger charge is -2.06. The Morgan fingerprint density at radius 2 is 1.25 bits per heavy atom. The molecular weight excluding hydrogens is 340 g/mol. The number of aryl methyl sites for hydroxylation is 2. The molecule has 0 fully saturated rings. The van der Waals surface area contributed by atoms with E-state index in [-0.39, 0.29) is 0 Å². The molecule has 156 valence electrons. The zero-order valence-corrected chi connectivity index (χ0v) is 18.5. The third kappa shape index (κ3) is 8.20. The number of imidazole rings is 1. The molecule has 1 aromatic heterocycles. The second kappa shape index (κ2) is 14.4. The van der Waals surface area contributed by atoms with Crippen molar-refractivity contribution in [3.63, 3.8) is 0 Å². The quantitative estimate of drug-likeness (QED) is 0.209. The van der Waals surface area contributed by atoms with E-state index in [0.29, 0.717) is 0 Å². The first kappa shape index (κ1) is 22.7. The zero-order chi connectivity index (χ0) is 19.9. The number of unbranched alkanes of at least 4 members (excludes halogenated alkanes) is 11. The van der Waals surface area contributed by atoms with Crippen LogP contribution in [0.4, 0.5) is 0 Å². The average molecular weight is 384 g/mol. The van der Waals surface area contributed by atoms with E-state index < -0.39 is 0 Å². The normalized spacial score (nSPS) is 11.2. The fourth-order valence-corrected chi connectivity index (χ4v) is 4.05. The predicted molar refractivity (Wildman–Crippen MR) is 121 cm³/mol. The number of benzene rings is 1. The van der Waals surface area contributed by atoms with Gasteiger partial charge in [-0.3, -0.25) is 0 Å².